The van der Waals surface area contributed by atoms with Gasteiger partial charge in [0.15, 0.2) is 0 Å². The van der Waals surface area contributed by atoms with E-state index in [0.29, 0.717) is 11.3 Å². The van der Waals surface area contributed by atoms with Crippen molar-refractivity contribution in [2.24, 2.45) is 0 Å². The molecule has 0 atom stereocenters. The number of benzene rings is 3. The first-order valence-corrected chi connectivity index (χ1v) is 12.2. The Balaban J connectivity index is 1.47. The number of para-hydroxylation sites is 2. The number of nitrogens with zero attached hydrogens (tertiary/aromatic N) is 1. The monoisotopic (exact) mass is 449 g/mol. The number of aryl methyl sites for hydroxylation is 2. The Kier molecular flexibility index (Phi) is 6.19. The van der Waals surface area contributed by atoms with E-state index in [0.717, 1.165) is 48.4 Å². The molecule has 1 fully saturated rings. The lowest BCUT2D eigenvalue weighted by Gasteiger charge is -2.21. The third kappa shape index (κ3) is 4.78. The molecule has 32 heavy (non-hydrogen) atoms. The lowest BCUT2D eigenvalue weighted by Crippen LogP contribution is -2.21. The van der Waals surface area contributed by atoms with Crippen LogP contribution >= 0.6 is 0 Å². The van der Waals surface area contributed by atoms with Crippen molar-refractivity contribution in [3.8, 4) is 0 Å². The molecule has 1 aliphatic heterocycles. The summed E-state index contributed by atoms with van der Waals surface area (Å²) in [7, 11) is -3.71. The van der Waals surface area contributed by atoms with Crippen LogP contribution < -0.4 is 14.9 Å². The van der Waals surface area contributed by atoms with E-state index in [4.69, 9.17) is 0 Å². The van der Waals surface area contributed by atoms with Gasteiger partial charge in [-0.15, -0.1) is 0 Å². The summed E-state index contributed by atoms with van der Waals surface area (Å²) in [6.45, 7) is 5.79. The van der Waals surface area contributed by atoms with Crippen molar-refractivity contribution < 1.29 is 13.2 Å². The number of hydrogen-bond acceptors (Lipinski definition) is 4. The zero-order valence-electron chi connectivity index (χ0n) is 18.3. The van der Waals surface area contributed by atoms with Gasteiger partial charge < -0.3 is 10.2 Å². The number of rotatable bonds is 6. The van der Waals surface area contributed by atoms with Crippen LogP contribution in [-0.4, -0.2) is 27.4 Å². The third-order valence-corrected chi connectivity index (χ3v) is 7.17. The number of amides is 1. The molecule has 1 aliphatic rings. The standard InChI is InChI=1S/C25H27N3O3S/c1-18-9-14-22(17-19(18)2)32(30,31)27-21-12-10-20(11-13-21)25(29)26-23-7-3-4-8-24(23)28-15-5-6-16-28/h3-4,7-14,17,27H,5-6,15-16H2,1-2H3,(H,26,29). The first kappa shape index (κ1) is 21.9. The van der Waals surface area contributed by atoms with Gasteiger partial charge in [-0.2, -0.15) is 0 Å². The fourth-order valence-electron chi connectivity index (χ4n) is 3.79. The molecule has 2 N–H and O–H groups in total. The highest BCUT2D eigenvalue weighted by molar-refractivity contribution is 7.92. The van der Waals surface area contributed by atoms with Gasteiger partial charge in [0.05, 0.1) is 16.3 Å². The van der Waals surface area contributed by atoms with Crippen LogP contribution in [-0.2, 0) is 10.0 Å². The van der Waals surface area contributed by atoms with E-state index in [1.165, 1.54) is 0 Å². The van der Waals surface area contributed by atoms with Gasteiger partial charge in [0.25, 0.3) is 15.9 Å². The second kappa shape index (κ2) is 9.04. The van der Waals surface area contributed by atoms with Gasteiger partial charge in [0, 0.05) is 24.3 Å². The van der Waals surface area contributed by atoms with Crippen molar-refractivity contribution in [2.75, 3.05) is 28.0 Å². The first-order valence-electron chi connectivity index (χ1n) is 10.7. The number of anilines is 3. The molecule has 0 aromatic heterocycles. The minimum atomic E-state index is -3.71. The fraction of sp³-hybridized carbons (Fsp3) is 0.240. The molecule has 0 saturated carbocycles. The van der Waals surface area contributed by atoms with Crippen LogP contribution in [0.5, 0.6) is 0 Å². The summed E-state index contributed by atoms with van der Waals surface area (Å²) in [5.74, 6) is -0.236. The highest BCUT2D eigenvalue weighted by atomic mass is 32.2. The molecule has 0 unspecified atom stereocenters. The zero-order valence-corrected chi connectivity index (χ0v) is 19.1. The molecule has 3 aromatic rings. The Bertz CT molecular complexity index is 1230. The Hall–Kier alpha value is -3.32. The number of sulfonamides is 1. The maximum atomic E-state index is 12.8. The summed E-state index contributed by atoms with van der Waals surface area (Å²) < 4.78 is 28.0. The van der Waals surface area contributed by atoms with E-state index in [1.807, 2.05) is 38.1 Å². The van der Waals surface area contributed by atoms with Gasteiger partial charge in [-0.25, -0.2) is 8.42 Å². The Morgan fingerprint density at radius 2 is 1.56 bits per heavy atom. The number of carbonyl (C=O) groups excluding carboxylic acids is 1. The van der Waals surface area contributed by atoms with E-state index in [1.54, 1.807) is 42.5 Å². The quantitative estimate of drug-likeness (QED) is 0.558. The smallest absolute Gasteiger partial charge is 0.261 e. The van der Waals surface area contributed by atoms with E-state index in [9.17, 15) is 13.2 Å². The molecule has 7 heteroatoms. The molecule has 3 aromatic carbocycles. The topological polar surface area (TPSA) is 78.5 Å². The van der Waals surface area contributed by atoms with Gasteiger partial charge in [-0.3, -0.25) is 9.52 Å². The van der Waals surface area contributed by atoms with Gasteiger partial charge in [0.2, 0.25) is 0 Å². The predicted molar refractivity (Wildman–Crippen MR) is 129 cm³/mol. The van der Waals surface area contributed by atoms with E-state index >= 15 is 0 Å². The highest BCUT2D eigenvalue weighted by Gasteiger charge is 2.18. The molecule has 0 radical (unpaired) electrons. The molecule has 0 spiro atoms. The minimum Gasteiger partial charge on any atom is -0.370 e. The second-order valence-corrected chi connectivity index (χ2v) is 9.78. The van der Waals surface area contributed by atoms with Crippen LogP contribution in [0.4, 0.5) is 17.1 Å². The molecule has 166 valence electrons. The molecule has 1 saturated heterocycles. The van der Waals surface area contributed by atoms with Gasteiger partial charge >= 0.3 is 0 Å². The van der Waals surface area contributed by atoms with Gasteiger partial charge in [0.1, 0.15) is 0 Å². The van der Waals surface area contributed by atoms with Crippen LogP contribution in [0.2, 0.25) is 0 Å². The average molecular weight is 450 g/mol. The third-order valence-electron chi connectivity index (χ3n) is 5.79. The Morgan fingerprint density at radius 3 is 2.25 bits per heavy atom. The lowest BCUT2D eigenvalue weighted by atomic mass is 10.1. The normalized spacial score (nSPS) is 13.8. The Morgan fingerprint density at radius 1 is 0.875 bits per heavy atom. The van der Waals surface area contributed by atoms with Crippen molar-refractivity contribution >= 4 is 33.0 Å². The van der Waals surface area contributed by atoms with E-state index in [2.05, 4.69) is 14.9 Å². The van der Waals surface area contributed by atoms with Gasteiger partial charge in [-0.1, -0.05) is 18.2 Å². The molecular formula is C25H27N3O3S. The molecule has 0 aliphatic carbocycles. The van der Waals surface area contributed by atoms with Crippen molar-refractivity contribution in [1.82, 2.24) is 0 Å². The predicted octanol–water partition coefficient (Wildman–Crippen LogP) is 4.96. The molecular weight excluding hydrogens is 422 g/mol. The first-order chi connectivity index (χ1) is 15.3. The summed E-state index contributed by atoms with van der Waals surface area (Å²) in [6.07, 6.45) is 2.31. The summed E-state index contributed by atoms with van der Waals surface area (Å²) in [4.78, 5) is 15.3. The SMILES string of the molecule is Cc1ccc(S(=O)(=O)Nc2ccc(C(=O)Nc3ccccc3N3CCCC3)cc2)cc1C. The fourth-order valence-corrected chi connectivity index (χ4v) is 4.94. The van der Waals surface area contributed by atoms with E-state index in [-0.39, 0.29) is 10.8 Å². The van der Waals surface area contributed by atoms with Crippen molar-refractivity contribution in [3.05, 3.63) is 83.4 Å². The second-order valence-electron chi connectivity index (χ2n) is 8.09. The van der Waals surface area contributed by atoms with Crippen molar-refractivity contribution in [1.29, 1.82) is 0 Å². The molecule has 0 bridgehead atoms. The van der Waals surface area contributed by atoms with E-state index < -0.39 is 10.0 Å². The van der Waals surface area contributed by atoms with Crippen molar-refractivity contribution in [2.45, 2.75) is 31.6 Å². The molecule has 1 heterocycles. The van der Waals surface area contributed by atoms with Crippen LogP contribution in [0.1, 0.15) is 34.3 Å². The van der Waals surface area contributed by atoms with Crippen LogP contribution in [0.3, 0.4) is 0 Å². The summed E-state index contributed by atoms with van der Waals surface area (Å²) in [5, 5.41) is 2.99. The van der Waals surface area contributed by atoms with Crippen LogP contribution in [0.15, 0.2) is 71.6 Å². The summed E-state index contributed by atoms with van der Waals surface area (Å²) >= 11 is 0. The maximum Gasteiger partial charge on any atom is 0.261 e. The van der Waals surface area contributed by atoms with Crippen LogP contribution in [0, 0.1) is 13.8 Å². The lowest BCUT2D eigenvalue weighted by molar-refractivity contribution is 0.102. The number of nitrogens with one attached hydrogen (secondary N) is 2. The maximum absolute atomic E-state index is 12.8. The minimum absolute atomic E-state index is 0.209. The molecule has 6 nitrogen and oxygen atoms in total. The van der Waals surface area contributed by atoms with Gasteiger partial charge in [-0.05, 0) is 86.3 Å². The number of carbonyl (C=O) groups is 1. The highest BCUT2D eigenvalue weighted by Crippen LogP contribution is 2.29. The summed E-state index contributed by atoms with van der Waals surface area (Å²) in [6, 6.07) is 19.2. The van der Waals surface area contributed by atoms with Crippen molar-refractivity contribution in [3.63, 3.8) is 0 Å². The Labute approximate surface area is 189 Å². The summed E-state index contributed by atoms with van der Waals surface area (Å²) in [5.41, 5.74) is 4.60. The molecule has 1 amide bonds. The van der Waals surface area contributed by atoms with Crippen LogP contribution in [0.25, 0.3) is 0 Å². The average Bonchev–Trinajstić information content (AvgIpc) is 3.31. The molecule has 4 rings (SSSR count). The zero-order chi connectivity index (χ0) is 22.7. The number of hydrogen-bond donors (Lipinski definition) is 2. The largest absolute Gasteiger partial charge is 0.370 e.